The van der Waals surface area contributed by atoms with Gasteiger partial charge >= 0.3 is 5.97 Å². The van der Waals surface area contributed by atoms with E-state index in [1.807, 2.05) is 0 Å². The van der Waals surface area contributed by atoms with Crippen LogP contribution in [0.4, 0.5) is 0 Å². The Kier molecular flexibility index (Phi) is 10.4. The number of carbonyl (C=O) groups excluding carboxylic acids is 2. The van der Waals surface area contributed by atoms with Crippen LogP contribution in [0.2, 0.25) is 0 Å². The zero-order valence-corrected chi connectivity index (χ0v) is 15.3. The molecule has 0 saturated carbocycles. The molecule has 2 atom stereocenters. The van der Waals surface area contributed by atoms with Crippen LogP contribution in [0.25, 0.3) is 0 Å². The quantitative estimate of drug-likeness (QED) is 0.804. The van der Waals surface area contributed by atoms with Gasteiger partial charge in [0.05, 0.1) is 0 Å². The van der Waals surface area contributed by atoms with E-state index in [1.165, 1.54) is 26.2 Å². The maximum atomic E-state index is 12.4. The normalized spacial score (nSPS) is 25.2. The fourth-order valence-corrected chi connectivity index (χ4v) is 4.27. The summed E-state index contributed by atoms with van der Waals surface area (Å²) >= 11 is 2.73. The molecule has 0 aromatic heterocycles. The molecule has 7 heteroatoms. The van der Waals surface area contributed by atoms with E-state index in [4.69, 9.17) is 0 Å². The van der Waals surface area contributed by atoms with Crippen molar-refractivity contribution in [1.82, 2.24) is 5.32 Å². The summed E-state index contributed by atoms with van der Waals surface area (Å²) in [5.74, 6) is 0.246. The van der Waals surface area contributed by atoms with Crippen LogP contribution in [0, 0.1) is 5.92 Å². The number of hydrogen-bond donors (Lipinski definition) is 2. The van der Waals surface area contributed by atoms with E-state index in [9.17, 15) is 19.5 Å². The lowest BCUT2D eigenvalue weighted by atomic mass is 10.0. The van der Waals surface area contributed by atoms with Gasteiger partial charge in [-0.05, 0) is 18.6 Å². The molecule has 5 nitrogen and oxygen atoms in total. The minimum absolute atomic E-state index is 0.0115. The van der Waals surface area contributed by atoms with Gasteiger partial charge in [-0.1, -0.05) is 43.9 Å². The lowest BCUT2D eigenvalue weighted by molar-refractivity contribution is -0.141. The van der Waals surface area contributed by atoms with Gasteiger partial charge in [-0.15, -0.1) is 0 Å². The van der Waals surface area contributed by atoms with Gasteiger partial charge in [0.25, 0.3) is 0 Å². The van der Waals surface area contributed by atoms with Gasteiger partial charge in [0.1, 0.15) is 6.04 Å². The molecule has 23 heavy (non-hydrogen) atoms. The third-order valence-corrected chi connectivity index (χ3v) is 5.97. The van der Waals surface area contributed by atoms with E-state index in [0.717, 1.165) is 36.8 Å². The Bertz CT molecular complexity index is 404. The van der Waals surface area contributed by atoms with Crippen LogP contribution in [0.15, 0.2) is 0 Å². The molecule has 1 unspecified atom stereocenters. The van der Waals surface area contributed by atoms with Crippen molar-refractivity contribution in [2.75, 3.05) is 17.3 Å². The van der Waals surface area contributed by atoms with Crippen molar-refractivity contribution < 1.29 is 19.5 Å². The summed E-state index contributed by atoms with van der Waals surface area (Å²) in [6.45, 7) is 1.49. The molecule has 0 bridgehead atoms. The number of hydrogen-bond acceptors (Lipinski definition) is 5. The van der Waals surface area contributed by atoms with E-state index in [0.29, 0.717) is 17.9 Å². The van der Waals surface area contributed by atoms with Crippen LogP contribution in [0.1, 0.15) is 51.9 Å². The Morgan fingerprint density at radius 3 is 2.52 bits per heavy atom. The summed E-state index contributed by atoms with van der Waals surface area (Å²) in [6, 6.07) is -0.847. The average Bonchev–Trinajstić information content (AvgIpc) is 2.49. The molecule has 0 radical (unpaired) electrons. The fourth-order valence-electron chi connectivity index (χ4n) is 2.48. The number of carboxylic acids is 1. The second-order valence-electron chi connectivity index (χ2n) is 5.88. The number of amides is 1. The molecule has 0 aromatic carbocycles. The highest BCUT2D eigenvalue weighted by molar-refractivity contribution is 8.13. The van der Waals surface area contributed by atoms with Crippen LogP contribution >= 0.6 is 23.5 Å². The van der Waals surface area contributed by atoms with Crippen LogP contribution in [0.5, 0.6) is 0 Å². The van der Waals surface area contributed by atoms with Gasteiger partial charge in [-0.25, -0.2) is 4.79 Å². The predicted octanol–water partition coefficient (Wildman–Crippen LogP) is 2.93. The Morgan fingerprint density at radius 2 is 1.87 bits per heavy atom. The molecule has 1 aliphatic heterocycles. The Hall–Kier alpha value is -0.690. The molecule has 0 aromatic rings. The summed E-state index contributed by atoms with van der Waals surface area (Å²) in [7, 11) is 0. The third-order valence-electron chi connectivity index (χ3n) is 3.85. The molecule has 1 aliphatic rings. The molecular formula is C16H27NO4S2. The SMILES string of the molecule is CC(=O)SCC1CCCCCCCCSC[C@@H](C(=O)O)NC1=O. The minimum atomic E-state index is -0.990. The minimum Gasteiger partial charge on any atom is -0.480 e. The maximum absolute atomic E-state index is 12.4. The second-order valence-corrected chi connectivity index (χ2v) is 8.23. The summed E-state index contributed by atoms with van der Waals surface area (Å²) in [5, 5.41) is 11.9. The molecule has 0 spiro atoms. The lowest BCUT2D eigenvalue weighted by Gasteiger charge is -2.20. The van der Waals surface area contributed by atoms with Crippen molar-refractivity contribution in [3.63, 3.8) is 0 Å². The largest absolute Gasteiger partial charge is 0.480 e. The summed E-state index contributed by atoms with van der Waals surface area (Å²) in [5.41, 5.74) is 0. The van der Waals surface area contributed by atoms with Gasteiger partial charge < -0.3 is 10.4 Å². The molecule has 132 valence electrons. The highest BCUT2D eigenvalue weighted by Gasteiger charge is 2.25. The highest BCUT2D eigenvalue weighted by atomic mass is 32.2. The van der Waals surface area contributed by atoms with Crippen molar-refractivity contribution >= 4 is 40.5 Å². The average molecular weight is 362 g/mol. The first-order valence-electron chi connectivity index (χ1n) is 8.25. The fraction of sp³-hybridized carbons (Fsp3) is 0.812. The van der Waals surface area contributed by atoms with E-state index in [1.54, 1.807) is 11.8 Å². The molecule has 1 saturated heterocycles. The number of aliphatic carboxylic acids is 1. The van der Waals surface area contributed by atoms with Crippen molar-refractivity contribution in [2.24, 2.45) is 5.92 Å². The maximum Gasteiger partial charge on any atom is 0.327 e. The van der Waals surface area contributed by atoms with Crippen LogP contribution in [0.3, 0.4) is 0 Å². The van der Waals surface area contributed by atoms with E-state index < -0.39 is 12.0 Å². The third kappa shape index (κ3) is 9.25. The van der Waals surface area contributed by atoms with E-state index in [-0.39, 0.29) is 16.9 Å². The van der Waals surface area contributed by atoms with E-state index in [2.05, 4.69) is 5.32 Å². The first-order chi connectivity index (χ1) is 11.0. The first kappa shape index (κ1) is 20.4. The molecule has 0 aliphatic carbocycles. The molecule has 1 heterocycles. The van der Waals surface area contributed by atoms with Gasteiger partial charge in [0.15, 0.2) is 5.12 Å². The predicted molar refractivity (Wildman–Crippen MR) is 95.8 cm³/mol. The van der Waals surface area contributed by atoms with Crippen LogP contribution in [-0.4, -0.2) is 45.4 Å². The smallest absolute Gasteiger partial charge is 0.327 e. The number of carbonyl (C=O) groups is 3. The molecule has 2 N–H and O–H groups in total. The standard InChI is InChI=1S/C16H27NO4S2/c1-12(18)23-10-13-8-6-4-2-3-5-7-9-22-11-14(16(20)21)17-15(13)19/h13-14H,2-11H2,1H3,(H,17,19)(H,20,21)/t13?,14-/m0/s1. The molecule has 1 rings (SSSR count). The zero-order valence-electron chi connectivity index (χ0n) is 13.7. The monoisotopic (exact) mass is 361 g/mol. The van der Waals surface area contributed by atoms with Gasteiger partial charge in [-0.2, -0.15) is 11.8 Å². The van der Waals surface area contributed by atoms with Crippen molar-refractivity contribution in [3.05, 3.63) is 0 Å². The topological polar surface area (TPSA) is 83.5 Å². The summed E-state index contributed by atoms with van der Waals surface area (Å²) in [4.78, 5) is 34.9. The van der Waals surface area contributed by atoms with Crippen LogP contribution < -0.4 is 5.32 Å². The van der Waals surface area contributed by atoms with Gasteiger partial charge in [0.2, 0.25) is 5.91 Å². The Balaban J connectivity index is 2.67. The first-order valence-corrected chi connectivity index (χ1v) is 10.4. The van der Waals surface area contributed by atoms with Crippen molar-refractivity contribution in [3.8, 4) is 0 Å². The molecule has 1 fully saturated rings. The summed E-state index contributed by atoms with van der Waals surface area (Å²) in [6.07, 6.45) is 7.40. The van der Waals surface area contributed by atoms with Gasteiger partial charge in [-0.3, -0.25) is 9.59 Å². The highest BCUT2D eigenvalue weighted by Crippen LogP contribution is 2.19. The van der Waals surface area contributed by atoms with E-state index >= 15 is 0 Å². The van der Waals surface area contributed by atoms with Crippen molar-refractivity contribution in [1.29, 1.82) is 0 Å². The van der Waals surface area contributed by atoms with Gasteiger partial charge in [0, 0.05) is 24.3 Å². The van der Waals surface area contributed by atoms with Crippen LogP contribution in [-0.2, 0) is 14.4 Å². The van der Waals surface area contributed by atoms with Crippen molar-refractivity contribution in [2.45, 2.75) is 57.9 Å². The number of rotatable bonds is 3. The zero-order chi connectivity index (χ0) is 17.1. The Labute approximate surface area is 146 Å². The number of thioether (sulfide) groups is 2. The lowest BCUT2D eigenvalue weighted by Crippen LogP contribution is -2.45. The number of nitrogens with one attached hydrogen (secondary N) is 1. The molecular weight excluding hydrogens is 334 g/mol. The molecule has 1 amide bonds. The second kappa shape index (κ2) is 11.8. The summed E-state index contributed by atoms with van der Waals surface area (Å²) < 4.78 is 0. The Morgan fingerprint density at radius 1 is 1.22 bits per heavy atom. The number of carboxylic acid groups (broad SMARTS) is 1.